The Labute approximate surface area is 118 Å². The summed E-state index contributed by atoms with van der Waals surface area (Å²) in [6.07, 6.45) is 2.96. The Balaban J connectivity index is 2.37. The van der Waals surface area contributed by atoms with Crippen molar-refractivity contribution in [1.82, 2.24) is 9.78 Å². The van der Waals surface area contributed by atoms with Crippen LogP contribution in [0.5, 0.6) is 0 Å². The zero-order valence-electron chi connectivity index (χ0n) is 10.5. The van der Waals surface area contributed by atoms with E-state index in [1.54, 1.807) is 6.07 Å². The number of carboxylic acids is 1. The fourth-order valence-corrected chi connectivity index (χ4v) is 2.99. The van der Waals surface area contributed by atoms with E-state index in [0.29, 0.717) is 12.1 Å². The summed E-state index contributed by atoms with van der Waals surface area (Å²) in [5.74, 6) is -5.18. The number of carbonyl (C=O) groups is 1. The lowest BCUT2D eigenvalue weighted by Gasteiger charge is -2.08. The van der Waals surface area contributed by atoms with E-state index in [-0.39, 0.29) is 6.54 Å². The maximum Gasteiger partial charge on any atom is 0.335 e. The van der Waals surface area contributed by atoms with Gasteiger partial charge in [0.25, 0.3) is 0 Å². The van der Waals surface area contributed by atoms with E-state index in [1.165, 1.54) is 17.1 Å². The molecule has 0 aliphatic heterocycles. The van der Waals surface area contributed by atoms with Crippen LogP contribution >= 0.6 is 0 Å². The van der Waals surface area contributed by atoms with Crippen LogP contribution in [-0.2, 0) is 16.4 Å². The zero-order chi connectivity index (χ0) is 15.6. The van der Waals surface area contributed by atoms with Crippen molar-refractivity contribution in [1.29, 1.82) is 0 Å². The van der Waals surface area contributed by atoms with E-state index >= 15 is 0 Å². The topological polar surface area (TPSA) is 89.3 Å². The molecule has 9 heteroatoms. The van der Waals surface area contributed by atoms with Gasteiger partial charge in [0, 0.05) is 12.4 Å². The standard InChI is InChI=1S/C12H10F2N2O4S/c13-9-6-8(12(17)18)7-10(11(9)14)21(19,20)5-4-16-3-1-2-15-16/h1-3,6-7H,4-5H2,(H,17,18). The molecule has 0 bridgehead atoms. The lowest BCUT2D eigenvalue weighted by atomic mass is 10.2. The first-order valence-electron chi connectivity index (χ1n) is 5.74. The van der Waals surface area contributed by atoms with E-state index in [1.807, 2.05) is 0 Å². The van der Waals surface area contributed by atoms with Crippen molar-refractivity contribution in [2.45, 2.75) is 11.4 Å². The highest BCUT2D eigenvalue weighted by atomic mass is 32.2. The number of benzene rings is 1. The monoisotopic (exact) mass is 316 g/mol. The first-order chi connectivity index (χ1) is 9.81. The third-order valence-electron chi connectivity index (χ3n) is 2.73. The van der Waals surface area contributed by atoms with Gasteiger partial charge in [0.05, 0.1) is 17.9 Å². The molecule has 1 N–H and O–H groups in total. The molecule has 1 heterocycles. The average Bonchev–Trinajstić information content (AvgIpc) is 2.92. The minimum Gasteiger partial charge on any atom is -0.478 e. The highest BCUT2D eigenvalue weighted by Gasteiger charge is 2.24. The molecule has 0 aliphatic carbocycles. The number of hydrogen-bond donors (Lipinski definition) is 1. The van der Waals surface area contributed by atoms with E-state index in [4.69, 9.17) is 5.11 Å². The van der Waals surface area contributed by atoms with E-state index in [0.717, 1.165) is 0 Å². The van der Waals surface area contributed by atoms with E-state index < -0.39 is 43.7 Å². The SMILES string of the molecule is O=C(O)c1cc(F)c(F)c(S(=O)(=O)CCn2cccn2)c1. The van der Waals surface area contributed by atoms with Gasteiger partial charge in [-0.2, -0.15) is 5.10 Å². The third-order valence-corrected chi connectivity index (χ3v) is 4.41. The number of aromatic nitrogens is 2. The summed E-state index contributed by atoms with van der Waals surface area (Å²) >= 11 is 0. The predicted octanol–water partition coefficient (Wildman–Crippen LogP) is 1.33. The molecule has 0 aliphatic rings. The lowest BCUT2D eigenvalue weighted by molar-refractivity contribution is 0.0696. The molecular weight excluding hydrogens is 306 g/mol. The largest absolute Gasteiger partial charge is 0.478 e. The summed E-state index contributed by atoms with van der Waals surface area (Å²) in [6.45, 7) is -0.0618. The van der Waals surface area contributed by atoms with Gasteiger partial charge in [-0.25, -0.2) is 22.0 Å². The van der Waals surface area contributed by atoms with Gasteiger partial charge < -0.3 is 5.11 Å². The Kier molecular flexibility index (Phi) is 4.03. The van der Waals surface area contributed by atoms with Crippen molar-refractivity contribution in [3.8, 4) is 0 Å². The molecule has 0 fully saturated rings. The smallest absolute Gasteiger partial charge is 0.335 e. The Bertz CT molecular complexity index is 773. The molecular formula is C12H10F2N2O4S. The summed E-state index contributed by atoms with van der Waals surface area (Å²) < 4.78 is 52.3. The highest BCUT2D eigenvalue weighted by Crippen LogP contribution is 2.21. The molecule has 0 spiro atoms. The molecule has 0 atom stereocenters. The minimum atomic E-state index is -4.18. The number of sulfone groups is 1. The summed E-state index contributed by atoms with van der Waals surface area (Å²) in [5, 5.41) is 12.6. The van der Waals surface area contributed by atoms with E-state index in [2.05, 4.69) is 5.10 Å². The van der Waals surface area contributed by atoms with Gasteiger partial charge in [-0.15, -0.1) is 0 Å². The van der Waals surface area contributed by atoms with Crippen LogP contribution in [0.3, 0.4) is 0 Å². The van der Waals surface area contributed by atoms with Crippen LogP contribution in [0.15, 0.2) is 35.5 Å². The van der Waals surface area contributed by atoms with Crippen molar-refractivity contribution in [2.24, 2.45) is 0 Å². The number of hydrogen-bond acceptors (Lipinski definition) is 4. The summed E-state index contributed by atoms with van der Waals surface area (Å²) in [5.41, 5.74) is -0.633. The van der Waals surface area contributed by atoms with Gasteiger partial charge in [-0.3, -0.25) is 4.68 Å². The molecule has 0 saturated carbocycles. The average molecular weight is 316 g/mol. The van der Waals surface area contributed by atoms with Gasteiger partial charge in [0.15, 0.2) is 21.5 Å². The molecule has 1 aromatic heterocycles. The fraction of sp³-hybridized carbons (Fsp3) is 0.167. The van der Waals surface area contributed by atoms with Gasteiger partial charge in [0.1, 0.15) is 4.90 Å². The van der Waals surface area contributed by atoms with Crippen LogP contribution in [0.4, 0.5) is 8.78 Å². The first-order valence-corrected chi connectivity index (χ1v) is 7.39. The number of carboxylic acid groups (broad SMARTS) is 1. The van der Waals surface area contributed by atoms with Gasteiger partial charge >= 0.3 is 5.97 Å². The second-order valence-corrected chi connectivity index (χ2v) is 6.24. The number of aryl methyl sites for hydroxylation is 1. The lowest BCUT2D eigenvalue weighted by Crippen LogP contribution is -2.16. The Morgan fingerprint density at radius 2 is 2.05 bits per heavy atom. The Morgan fingerprint density at radius 3 is 2.62 bits per heavy atom. The quantitative estimate of drug-likeness (QED) is 0.899. The highest BCUT2D eigenvalue weighted by molar-refractivity contribution is 7.91. The van der Waals surface area contributed by atoms with Crippen molar-refractivity contribution in [3.05, 3.63) is 47.8 Å². The van der Waals surface area contributed by atoms with Crippen LogP contribution in [0.25, 0.3) is 0 Å². The van der Waals surface area contributed by atoms with Crippen LogP contribution in [0.1, 0.15) is 10.4 Å². The third kappa shape index (κ3) is 3.24. The molecule has 1 aromatic carbocycles. The second kappa shape index (κ2) is 5.60. The van der Waals surface area contributed by atoms with Crippen LogP contribution in [-0.4, -0.2) is 35.0 Å². The normalized spacial score (nSPS) is 11.5. The summed E-state index contributed by atoms with van der Waals surface area (Å²) in [7, 11) is -4.18. The van der Waals surface area contributed by atoms with Crippen molar-refractivity contribution >= 4 is 15.8 Å². The first kappa shape index (κ1) is 15.1. The van der Waals surface area contributed by atoms with Crippen molar-refractivity contribution < 1.29 is 27.1 Å². The zero-order valence-corrected chi connectivity index (χ0v) is 11.3. The van der Waals surface area contributed by atoms with E-state index in [9.17, 15) is 22.0 Å². The van der Waals surface area contributed by atoms with Gasteiger partial charge in [-0.05, 0) is 18.2 Å². The molecule has 6 nitrogen and oxygen atoms in total. The predicted molar refractivity (Wildman–Crippen MR) is 67.6 cm³/mol. The number of halogens is 2. The van der Waals surface area contributed by atoms with Crippen LogP contribution in [0, 0.1) is 11.6 Å². The molecule has 0 saturated heterocycles. The maximum absolute atomic E-state index is 13.6. The molecule has 2 rings (SSSR count). The second-order valence-electron chi connectivity index (χ2n) is 4.16. The molecule has 2 aromatic rings. The minimum absolute atomic E-state index is 0.0618. The maximum atomic E-state index is 13.6. The fourth-order valence-electron chi connectivity index (χ4n) is 1.67. The molecule has 112 valence electrons. The molecule has 0 radical (unpaired) electrons. The van der Waals surface area contributed by atoms with Crippen LogP contribution < -0.4 is 0 Å². The Morgan fingerprint density at radius 1 is 1.33 bits per heavy atom. The summed E-state index contributed by atoms with van der Waals surface area (Å²) in [6, 6.07) is 2.63. The number of nitrogens with zero attached hydrogens (tertiary/aromatic N) is 2. The molecule has 21 heavy (non-hydrogen) atoms. The molecule has 0 unspecified atom stereocenters. The van der Waals surface area contributed by atoms with Crippen molar-refractivity contribution in [3.63, 3.8) is 0 Å². The van der Waals surface area contributed by atoms with Gasteiger partial charge in [0.2, 0.25) is 0 Å². The Hall–Kier alpha value is -2.29. The van der Waals surface area contributed by atoms with Crippen molar-refractivity contribution in [2.75, 3.05) is 5.75 Å². The number of rotatable bonds is 5. The van der Waals surface area contributed by atoms with Gasteiger partial charge in [-0.1, -0.05) is 0 Å². The van der Waals surface area contributed by atoms with Crippen LogP contribution in [0.2, 0.25) is 0 Å². The number of aromatic carboxylic acids is 1. The molecule has 0 amide bonds. The summed E-state index contributed by atoms with van der Waals surface area (Å²) in [4.78, 5) is 9.82.